The number of ether oxygens (including phenoxy) is 2. The summed E-state index contributed by atoms with van der Waals surface area (Å²) in [6, 6.07) is 9.26. The lowest BCUT2D eigenvalue weighted by molar-refractivity contribution is -0.326. The molecule has 0 spiro atoms. The number of amides is 1. The second-order valence-corrected chi connectivity index (χ2v) is 8.22. The average molecular weight is 362 g/mol. The van der Waals surface area contributed by atoms with E-state index in [1.165, 1.54) is 0 Å². The second-order valence-electron chi connectivity index (χ2n) is 8.22. The molecule has 0 aromatic heterocycles. The van der Waals surface area contributed by atoms with Crippen LogP contribution in [0.4, 0.5) is 0 Å². The van der Waals surface area contributed by atoms with Crippen molar-refractivity contribution in [1.29, 1.82) is 0 Å². The quantitative estimate of drug-likeness (QED) is 0.849. The molecule has 26 heavy (non-hydrogen) atoms. The van der Waals surface area contributed by atoms with E-state index in [4.69, 9.17) is 9.47 Å². The van der Waals surface area contributed by atoms with Gasteiger partial charge in [-0.15, -0.1) is 0 Å². The maximum absolute atomic E-state index is 12.5. The number of benzene rings is 1. The molecule has 2 aliphatic rings. The molecule has 2 fully saturated rings. The SMILES string of the molecule is CNC(=O)C1C(O)C2OC(C)(C)C(C)(C)OC2CN1Cc1ccccc1. The van der Waals surface area contributed by atoms with Gasteiger partial charge in [0, 0.05) is 20.1 Å². The molecule has 6 heteroatoms. The third kappa shape index (κ3) is 3.39. The Morgan fingerprint density at radius 1 is 1.19 bits per heavy atom. The fraction of sp³-hybridized carbons (Fsp3) is 0.650. The van der Waals surface area contributed by atoms with Crippen LogP contribution in [0.5, 0.6) is 0 Å². The lowest BCUT2D eigenvalue weighted by atomic mass is 9.83. The molecular weight excluding hydrogens is 332 g/mol. The molecule has 2 saturated heterocycles. The molecule has 1 amide bonds. The summed E-state index contributed by atoms with van der Waals surface area (Å²) < 4.78 is 12.6. The van der Waals surface area contributed by atoms with Crippen LogP contribution in [-0.4, -0.2) is 65.1 Å². The Hall–Kier alpha value is -1.47. The normalized spacial score (nSPS) is 33.3. The predicted octanol–water partition coefficient (Wildman–Crippen LogP) is 1.32. The number of fused-ring (bicyclic) bond motifs is 1. The van der Waals surface area contributed by atoms with Gasteiger partial charge in [-0.25, -0.2) is 0 Å². The number of likely N-dealkylation sites (N-methyl/N-ethyl adjacent to an activating group) is 1. The highest BCUT2D eigenvalue weighted by Crippen LogP contribution is 2.41. The van der Waals surface area contributed by atoms with Crippen molar-refractivity contribution in [1.82, 2.24) is 10.2 Å². The molecule has 2 N–H and O–H groups in total. The maximum atomic E-state index is 12.5. The van der Waals surface area contributed by atoms with E-state index in [2.05, 4.69) is 5.32 Å². The number of aliphatic hydroxyl groups is 1. The number of likely N-dealkylation sites (tertiary alicyclic amines) is 1. The Bertz CT molecular complexity index is 646. The minimum absolute atomic E-state index is 0.210. The smallest absolute Gasteiger partial charge is 0.239 e. The largest absolute Gasteiger partial charge is 0.388 e. The fourth-order valence-corrected chi connectivity index (χ4v) is 3.77. The highest BCUT2D eigenvalue weighted by Gasteiger charge is 2.56. The van der Waals surface area contributed by atoms with Crippen molar-refractivity contribution >= 4 is 5.91 Å². The lowest BCUT2D eigenvalue weighted by Crippen LogP contribution is -2.72. The molecule has 0 bridgehead atoms. The Balaban J connectivity index is 1.89. The molecule has 0 saturated carbocycles. The molecule has 2 aliphatic heterocycles. The van der Waals surface area contributed by atoms with E-state index < -0.39 is 29.5 Å². The summed E-state index contributed by atoms with van der Waals surface area (Å²) in [6.45, 7) is 9.01. The topological polar surface area (TPSA) is 71.0 Å². The third-order valence-electron chi connectivity index (χ3n) is 5.90. The van der Waals surface area contributed by atoms with Gasteiger partial charge in [-0.3, -0.25) is 9.69 Å². The van der Waals surface area contributed by atoms with Crippen molar-refractivity contribution in [2.24, 2.45) is 0 Å². The molecule has 6 nitrogen and oxygen atoms in total. The van der Waals surface area contributed by atoms with Crippen LogP contribution in [0.25, 0.3) is 0 Å². The minimum atomic E-state index is -0.965. The Kier molecular flexibility index (Phi) is 5.14. The number of nitrogens with zero attached hydrogens (tertiary/aromatic N) is 1. The van der Waals surface area contributed by atoms with Crippen LogP contribution in [0, 0.1) is 0 Å². The number of carbonyl (C=O) groups is 1. The van der Waals surface area contributed by atoms with Gasteiger partial charge < -0.3 is 19.9 Å². The molecule has 1 aromatic carbocycles. The van der Waals surface area contributed by atoms with E-state index in [0.29, 0.717) is 13.1 Å². The van der Waals surface area contributed by atoms with Crippen molar-refractivity contribution < 1.29 is 19.4 Å². The summed E-state index contributed by atoms with van der Waals surface area (Å²) in [5.41, 5.74) is 0.0271. The van der Waals surface area contributed by atoms with Gasteiger partial charge in [0.25, 0.3) is 0 Å². The van der Waals surface area contributed by atoms with Crippen molar-refractivity contribution in [3.63, 3.8) is 0 Å². The van der Waals surface area contributed by atoms with E-state index in [1.54, 1.807) is 7.05 Å². The van der Waals surface area contributed by atoms with Crippen LogP contribution >= 0.6 is 0 Å². The number of piperidine rings is 1. The van der Waals surface area contributed by atoms with E-state index in [-0.39, 0.29) is 12.0 Å². The van der Waals surface area contributed by atoms with E-state index >= 15 is 0 Å². The number of hydrogen-bond donors (Lipinski definition) is 2. The first kappa shape index (κ1) is 19.3. The van der Waals surface area contributed by atoms with Crippen molar-refractivity contribution in [2.45, 2.75) is 69.8 Å². The molecule has 4 atom stereocenters. The standard InChI is InChI=1S/C20H30N2O4/c1-19(2)20(3,4)26-17-14(25-19)12-22(11-13-9-7-6-8-10-13)15(16(17)23)18(24)21-5/h6-10,14-17,23H,11-12H2,1-5H3,(H,21,24). The van der Waals surface area contributed by atoms with Gasteiger partial charge in [-0.1, -0.05) is 30.3 Å². The fourth-order valence-electron chi connectivity index (χ4n) is 3.77. The van der Waals surface area contributed by atoms with Crippen molar-refractivity contribution in [3.8, 4) is 0 Å². The lowest BCUT2D eigenvalue weighted by Gasteiger charge is -2.57. The first-order valence-electron chi connectivity index (χ1n) is 9.19. The van der Waals surface area contributed by atoms with Crippen LogP contribution < -0.4 is 5.32 Å². The van der Waals surface area contributed by atoms with Crippen LogP contribution in [0.3, 0.4) is 0 Å². The number of aliphatic hydroxyl groups excluding tert-OH is 1. The summed E-state index contributed by atoms with van der Waals surface area (Å²) in [4.78, 5) is 14.5. The molecule has 0 aliphatic carbocycles. The highest BCUT2D eigenvalue weighted by atomic mass is 16.6. The Morgan fingerprint density at radius 3 is 2.42 bits per heavy atom. The zero-order valence-electron chi connectivity index (χ0n) is 16.2. The summed E-state index contributed by atoms with van der Waals surface area (Å²) in [6.07, 6.45) is -1.79. The Labute approximate surface area is 155 Å². The van der Waals surface area contributed by atoms with Crippen molar-refractivity contribution in [2.75, 3.05) is 13.6 Å². The number of carbonyl (C=O) groups excluding carboxylic acids is 1. The maximum Gasteiger partial charge on any atom is 0.239 e. The predicted molar refractivity (Wildman–Crippen MR) is 98.6 cm³/mol. The number of hydrogen-bond acceptors (Lipinski definition) is 5. The zero-order chi connectivity index (χ0) is 19.1. The monoisotopic (exact) mass is 362 g/mol. The molecular formula is C20H30N2O4. The van der Waals surface area contributed by atoms with Gasteiger partial charge in [0.1, 0.15) is 18.2 Å². The van der Waals surface area contributed by atoms with E-state index in [9.17, 15) is 9.90 Å². The second kappa shape index (κ2) is 6.93. The van der Waals surface area contributed by atoms with Crippen LogP contribution in [0.2, 0.25) is 0 Å². The first-order valence-corrected chi connectivity index (χ1v) is 9.19. The zero-order valence-corrected chi connectivity index (χ0v) is 16.2. The van der Waals surface area contributed by atoms with E-state index in [0.717, 1.165) is 5.56 Å². The Morgan fingerprint density at radius 2 is 1.81 bits per heavy atom. The molecule has 3 rings (SSSR count). The van der Waals surface area contributed by atoms with Gasteiger partial charge >= 0.3 is 0 Å². The molecule has 0 radical (unpaired) electrons. The molecule has 1 aromatic rings. The summed E-state index contributed by atoms with van der Waals surface area (Å²) in [5, 5.41) is 13.7. The number of rotatable bonds is 3. The average Bonchev–Trinajstić information content (AvgIpc) is 2.57. The minimum Gasteiger partial charge on any atom is -0.388 e. The van der Waals surface area contributed by atoms with Gasteiger partial charge in [0.05, 0.1) is 17.3 Å². The summed E-state index contributed by atoms with van der Waals surface area (Å²) in [7, 11) is 1.59. The van der Waals surface area contributed by atoms with Gasteiger partial charge in [-0.05, 0) is 33.3 Å². The third-order valence-corrected chi connectivity index (χ3v) is 5.90. The van der Waals surface area contributed by atoms with Gasteiger partial charge in [-0.2, -0.15) is 0 Å². The van der Waals surface area contributed by atoms with Gasteiger partial charge in [0.15, 0.2) is 0 Å². The van der Waals surface area contributed by atoms with Gasteiger partial charge in [0.2, 0.25) is 5.91 Å². The molecule has 144 valence electrons. The molecule has 4 unspecified atom stereocenters. The molecule has 2 heterocycles. The first-order chi connectivity index (χ1) is 12.2. The van der Waals surface area contributed by atoms with E-state index in [1.807, 2.05) is 62.9 Å². The number of nitrogens with one attached hydrogen (secondary N) is 1. The van der Waals surface area contributed by atoms with Crippen LogP contribution in [-0.2, 0) is 20.8 Å². The van der Waals surface area contributed by atoms with Crippen LogP contribution in [0.1, 0.15) is 33.3 Å². The van der Waals surface area contributed by atoms with Crippen LogP contribution in [0.15, 0.2) is 30.3 Å². The van der Waals surface area contributed by atoms with Crippen molar-refractivity contribution in [3.05, 3.63) is 35.9 Å². The summed E-state index contributed by atoms with van der Waals surface area (Å²) in [5.74, 6) is -0.210. The highest BCUT2D eigenvalue weighted by molar-refractivity contribution is 5.82. The summed E-state index contributed by atoms with van der Waals surface area (Å²) >= 11 is 0.